The molecule has 1 amide bonds. The molecular weight excluding hydrogens is 416 g/mol. The summed E-state index contributed by atoms with van der Waals surface area (Å²) in [7, 11) is 1.57. The first kappa shape index (κ1) is 23.0. The highest BCUT2D eigenvalue weighted by Gasteiger charge is 2.71. The van der Waals surface area contributed by atoms with Gasteiger partial charge in [0, 0.05) is 17.5 Å². The van der Waals surface area contributed by atoms with E-state index in [1.807, 2.05) is 25.1 Å². The Labute approximate surface area is 195 Å². The van der Waals surface area contributed by atoms with Crippen molar-refractivity contribution in [2.24, 2.45) is 21.4 Å². The third kappa shape index (κ3) is 3.52. The van der Waals surface area contributed by atoms with Crippen LogP contribution in [0.1, 0.15) is 61.5 Å². The molecule has 0 aliphatic heterocycles. The summed E-state index contributed by atoms with van der Waals surface area (Å²) >= 11 is 0. The predicted octanol–water partition coefficient (Wildman–Crippen LogP) is 5.68. The maximum Gasteiger partial charge on any atom is 0.365 e. The van der Waals surface area contributed by atoms with Crippen molar-refractivity contribution in [3.63, 3.8) is 0 Å². The van der Waals surface area contributed by atoms with Crippen molar-refractivity contribution >= 4 is 23.3 Å². The molecule has 0 heterocycles. The third-order valence-corrected chi connectivity index (χ3v) is 8.50. The number of fused-ring (bicyclic) bond motifs is 2. The Morgan fingerprint density at radius 1 is 0.970 bits per heavy atom. The fourth-order valence-electron chi connectivity index (χ4n) is 5.47. The summed E-state index contributed by atoms with van der Waals surface area (Å²) in [4.78, 5) is 31.5. The molecule has 0 spiro atoms. The quantitative estimate of drug-likeness (QED) is 0.472. The van der Waals surface area contributed by atoms with Gasteiger partial charge in [-0.15, -0.1) is 0 Å². The maximum atomic E-state index is 13.6. The highest BCUT2D eigenvalue weighted by atomic mass is 16.7. The molecule has 2 aromatic carbocycles. The second kappa shape index (κ2) is 8.01. The number of methoxy groups -OCH3 is 1. The van der Waals surface area contributed by atoms with Crippen molar-refractivity contribution in [2.75, 3.05) is 12.4 Å². The lowest BCUT2D eigenvalue weighted by molar-refractivity contribution is -0.130. The Morgan fingerprint density at radius 3 is 2.30 bits per heavy atom. The number of carbonyl (C=O) groups excluding carboxylic acids is 2. The average molecular weight is 449 g/mol. The third-order valence-electron chi connectivity index (χ3n) is 8.50. The second-order valence-electron chi connectivity index (χ2n) is 10.1. The van der Waals surface area contributed by atoms with Crippen molar-refractivity contribution in [3.8, 4) is 5.75 Å². The van der Waals surface area contributed by atoms with Crippen molar-refractivity contribution in [1.82, 2.24) is 0 Å². The van der Waals surface area contributed by atoms with Gasteiger partial charge in [0.25, 0.3) is 0 Å². The predicted molar refractivity (Wildman–Crippen MR) is 129 cm³/mol. The Bertz CT molecular complexity index is 1140. The molecule has 2 aliphatic rings. The fraction of sp³-hybridized carbons (Fsp3) is 0.444. The molecule has 2 unspecified atom stereocenters. The molecule has 2 aliphatic carbocycles. The molecule has 174 valence electrons. The van der Waals surface area contributed by atoms with E-state index in [0.29, 0.717) is 17.7 Å². The molecule has 4 rings (SSSR count). The number of hydrogen-bond donors (Lipinski definition) is 1. The van der Waals surface area contributed by atoms with Crippen LogP contribution < -0.4 is 10.1 Å². The van der Waals surface area contributed by atoms with Crippen LogP contribution in [0.4, 0.5) is 5.69 Å². The summed E-state index contributed by atoms with van der Waals surface area (Å²) in [6.07, 6.45) is 2.07. The smallest absolute Gasteiger partial charge is 0.365 e. The van der Waals surface area contributed by atoms with Gasteiger partial charge in [-0.05, 0) is 79.6 Å². The monoisotopic (exact) mass is 448 g/mol. The van der Waals surface area contributed by atoms with E-state index in [-0.39, 0.29) is 16.7 Å². The van der Waals surface area contributed by atoms with Crippen molar-refractivity contribution < 1.29 is 19.2 Å². The Kier molecular flexibility index (Phi) is 5.59. The zero-order valence-corrected chi connectivity index (χ0v) is 20.2. The number of rotatable bonds is 5. The molecule has 6 nitrogen and oxygen atoms in total. The average Bonchev–Trinajstić information content (AvgIpc) is 3.10. The van der Waals surface area contributed by atoms with E-state index >= 15 is 0 Å². The molecule has 2 atom stereocenters. The van der Waals surface area contributed by atoms with Crippen LogP contribution in [0.5, 0.6) is 5.75 Å². The van der Waals surface area contributed by atoms with Gasteiger partial charge in [-0.3, -0.25) is 4.79 Å². The van der Waals surface area contributed by atoms with Crippen molar-refractivity contribution in [2.45, 2.75) is 53.9 Å². The molecule has 6 heteroatoms. The van der Waals surface area contributed by atoms with Crippen LogP contribution >= 0.6 is 0 Å². The Hall–Kier alpha value is -3.15. The highest BCUT2D eigenvalue weighted by Crippen LogP contribution is 2.71. The van der Waals surface area contributed by atoms with E-state index < -0.39 is 11.4 Å². The van der Waals surface area contributed by atoms with Gasteiger partial charge in [0.1, 0.15) is 5.75 Å². The van der Waals surface area contributed by atoms with E-state index in [9.17, 15) is 9.59 Å². The molecule has 2 bridgehead atoms. The highest BCUT2D eigenvalue weighted by molar-refractivity contribution is 6.06. The SMILES string of the molecule is COc1ccc(C(=O)O/N=C2/CC3(C(=O)Nc4ccc(C)c(C)c4)CCC2(C)C3(C)C)cc1. The number of aryl methyl sites for hydroxylation is 2. The number of benzene rings is 2. The number of hydrogen-bond acceptors (Lipinski definition) is 5. The van der Waals surface area contributed by atoms with E-state index in [4.69, 9.17) is 9.57 Å². The van der Waals surface area contributed by atoms with Crippen LogP contribution in [0.25, 0.3) is 0 Å². The van der Waals surface area contributed by atoms with Gasteiger partial charge >= 0.3 is 5.97 Å². The zero-order valence-electron chi connectivity index (χ0n) is 20.2. The van der Waals surface area contributed by atoms with Crippen LogP contribution in [0.3, 0.4) is 0 Å². The van der Waals surface area contributed by atoms with E-state index in [2.05, 4.69) is 38.2 Å². The molecule has 2 aromatic rings. The molecule has 0 aromatic heterocycles. The summed E-state index contributed by atoms with van der Waals surface area (Å²) in [5.41, 5.74) is 3.03. The number of nitrogens with one attached hydrogen (secondary N) is 1. The molecule has 0 radical (unpaired) electrons. The number of amides is 1. The largest absolute Gasteiger partial charge is 0.497 e. The van der Waals surface area contributed by atoms with Crippen LogP contribution in [0.15, 0.2) is 47.6 Å². The first-order valence-electron chi connectivity index (χ1n) is 11.4. The minimum atomic E-state index is -0.605. The van der Waals surface area contributed by atoms with E-state index in [0.717, 1.165) is 29.8 Å². The zero-order chi connectivity index (χ0) is 24.0. The van der Waals surface area contributed by atoms with Crippen LogP contribution in [-0.4, -0.2) is 24.7 Å². The lowest BCUT2D eigenvalue weighted by atomic mass is 9.64. The van der Waals surface area contributed by atoms with Crippen molar-refractivity contribution in [3.05, 3.63) is 59.2 Å². The number of anilines is 1. The van der Waals surface area contributed by atoms with Gasteiger partial charge < -0.3 is 14.9 Å². The van der Waals surface area contributed by atoms with E-state index in [1.165, 1.54) is 5.56 Å². The summed E-state index contributed by atoms with van der Waals surface area (Å²) in [5, 5.41) is 7.46. The van der Waals surface area contributed by atoms with E-state index in [1.54, 1.807) is 31.4 Å². The summed E-state index contributed by atoms with van der Waals surface area (Å²) in [6.45, 7) is 10.5. The van der Waals surface area contributed by atoms with Gasteiger partial charge in [-0.2, -0.15) is 0 Å². The number of nitrogens with zero attached hydrogens (tertiary/aromatic N) is 1. The van der Waals surface area contributed by atoms with Crippen LogP contribution in [-0.2, 0) is 9.63 Å². The summed E-state index contributed by atoms with van der Waals surface area (Å²) in [5.74, 6) is 0.145. The first-order valence-corrected chi connectivity index (χ1v) is 11.4. The maximum absolute atomic E-state index is 13.6. The van der Waals surface area contributed by atoms with Gasteiger partial charge in [0.05, 0.1) is 23.8 Å². The van der Waals surface area contributed by atoms with Crippen molar-refractivity contribution in [1.29, 1.82) is 0 Å². The first-order chi connectivity index (χ1) is 15.5. The van der Waals surface area contributed by atoms with Gasteiger partial charge in [0.2, 0.25) is 5.91 Å². The number of carbonyl (C=O) groups is 2. The molecular formula is C27H32N2O4. The summed E-state index contributed by atoms with van der Waals surface area (Å²) < 4.78 is 5.13. The van der Waals surface area contributed by atoms with Crippen LogP contribution in [0, 0.1) is 30.1 Å². The lowest BCUT2D eigenvalue weighted by Crippen LogP contribution is -2.43. The Balaban J connectivity index is 1.56. The van der Waals surface area contributed by atoms with Gasteiger partial charge in [-0.25, -0.2) is 4.79 Å². The molecule has 1 N–H and O–H groups in total. The standard InChI is InChI=1S/C27H32N2O4/c1-17-7-10-20(15-18(17)2)28-24(31)27-14-13-26(5,25(27,3)4)22(16-27)29-33-23(30)19-8-11-21(32-6)12-9-19/h7-12,15H,13-14,16H2,1-6H3,(H,28,31)/b29-22-. The minimum absolute atomic E-state index is 0.00570. The lowest BCUT2D eigenvalue weighted by Gasteiger charge is -2.39. The summed E-state index contributed by atoms with van der Waals surface area (Å²) in [6, 6.07) is 12.7. The van der Waals surface area contributed by atoms with Gasteiger partial charge in [-0.1, -0.05) is 32.0 Å². The minimum Gasteiger partial charge on any atom is -0.497 e. The number of ether oxygens (including phenoxy) is 1. The van der Waals surface area contributed by atoms with Gasteiger partial charge in [0.15, 0.2) is 0 Å². The molecule has 0 saturated heterocycles. The molecule has 2 saturated carbocycles. The topological polar surface area (TPSA) is 77.0 Å². The Morgan fingerprint density at radius 2 is 1.67 bits per heavy atom. The number of oxime groups is 1. The molecule has 2 fully saturated rings. The molecule has 33 heavy (non-hydrogen) atoms. The normalized spacial score (nSPS) is 26.3. The fourth-order valence-corrected chi connectivity index (χ4v) is 5.47. The van der Waals surface area contributed by atoms with Crippen LogP contribution in [0.2, 0.25) is 0 Å². The second-order valence-corrected chi connectivity index (χ2v) is 10.1.